The lowest BCUT2D eigenvalue weighted by atomic mass is 10.2. The van der Waals surface area contributed by atoms with E-state index in [4.69, 9.17) is 4.74 Å². The minimum absolute atomic E-state index is 0.268. The van der Waals surface area contributed by atoms with Crippen LogP contribution in [0.2, 0.25) is 0 Å². The normalized spacial score (nSPS) is 25.5. The molecular formula is C13H18N2O. The van der Waals surface area contributed by atoms with E-state index in [0.29, 0.717) is 0 Å². The Hall–Kier alpha value is -1.35. The predicted octanol–water partition coefficient (Wildman–Crippen LogP) is 2.34. The Morgan fingerprint density at radius 2 is 2.06 bits per heavy atom. The van der Waals surface area contributed by atoms with Crippen molar-refractivity contribution in [2.24, 2.45) is 0 Å². The van der Waals surface area contributed by atoms with Crippen LogP contribution in [0.25, 0.3) is 6.08 Å². The van der Waals surface area contributed by atoms with Crippen molar-refractivity contribution in [2.75, 3.05) is 18.0 Å². The Labute approximate surface area is 96.7 Å². The monoisotopic (exact) mass is 218 g/mol. The zero-order chi connectivity index (χ0) is 11.5. The SMILES string of the molecule is C=Cc1ccc(N2CC(C)OC(C)C2)nc1. The fourth-order valence-electron chi connectivity index (χ4n) is 2.07. The van der Waals surface area contributed by atoms with Crippen LogP contribution in [0.15, 0.2) is 24.9 Å². The first kappa shape index (κ1) is 11.1. The lowest BCUT2D eigenvalue weighted by Crippen LogP contribution is -2.45. The van der Waals surface area contributed by atoms with Gasteiger partial charge in [-0.25, -0.2) is 4.98 Å². The molecule has 2 unspecified atom stereocenters. The molecule has 0 radical (unpaired) electrons. The summed E-state index contributed by atoms with van der Waals surface area (Å²) in [7, 11) is 0. The van der Waals surface area contributed by atoms with E-state index in [9.17, 15) is 0 Å². The van der Waals surface area contributed by atoms with Gasteiger partial charge >= 0.3 is 0 Å². The smallest absolute Gasteiger partial charge is 0.128 e. The van der Waals surface area contributed by atoms with Gasteiger partial charge in [-0.2, -0.15) is 0 Å². The van der Waals surface area contributed by atoms with Crippen molar-refractivity contribution in [2.45, 2.75) is 26.1 Å². The fraction of sp³-hybridized carbons (Fsp3) is 0.462. The maximum absolute atomic E-state index is 5.70. The summed E-state index contributed by atoms with van der Waals surface area (Å²) in [6, 6.07) is 4.09. The van der Waals surface area contributed by atoms with Gasteiger partial charge in [-0.3, -0.25) is 0 Å². The van der Waals surface area contributed by atoms with E-state index in [-0.39, 0.29) is 12.2 Å². The van der Waals surface area contributed by atoms with Gasteiger partial charge < -0.3 is 9.64 Å². The van der Waals surface area contributed by atoms with Gasteiger partial charge in [-0.1, -0.05) is 12.7 Å². The molecule has 1 aliphatic rings. The maximum atomic E-state index is 5.70. The molecule has 0 aliphatic carbocycles. The van der Waals surface area contributed by atoms with Gasteiger partial charge in [-0.05, 0) is 31.5 Å². The molecule has 1 saturated heterocycles. The van der Waals surface area contributed by atoms with Crippen molar-refractivity contribution in [3.63, 3.8) is 0 Å². The summed E-state index contributed by atoms with van der Waals surface area (Å²) in [5.74, 6) is 1.02. The van der Waals surface area contributed by atoms with Crippen molar-refractivity contribution in [3.05, 3.63) is 30.5 Å². The lowest BCUT2D eigenvalue weighted by Gasteiger charge is -2.36. The van der Waals surface area contributed by atoms with E-state index in [0.717, 1.165) is 24.5 Å². The average molecular weight is 218 g/mol. The largest absolute Gasteiger partial charge is 0.372 e. The molecule has 3 heteroatoms. The zero-order valence-corrected chi connectivity index (χ0v) is 9.89. The fourth-order valence-corrected chi connectivity index (χ4v) is 2.07. The summed E-state index contributed by atoms with van der Waals surface area (Å²) in [4.78, 5) is 6.71. The first-order valence-electron chi connectivity index (χ1n) is 5.68. The molecule has 0 amide bonds. The van der Waals surface area contributed by atoms with Crippen LogP contribution >= 0.6 is 0 Å². The number of ether oxygens (including phenoxy) is 1. The average Bonchev–Trinajstić information content (AvgIpc) is 2.28. The number of pyridine rings is 1. The molecule has 1 aliphatic heterocycles. The highest BCUT2D eigenvalue weighted by Crippen LogP contribution is 2.18. The minimum atomic E-state index is 0.268. The third-order valence-electron chi connectivity index (χ3n) is 2.75. The molecule has 0 aromatic carbocycles. The summed E-state index contributed by atoms with van der Waals surface area (Å²) >= 11 is 0. The van der Waals surface area contributed by atoms with Crippen molar-refractivity contribution >= 4 is 11.9 Å². The highest BCUT2D eigenvalue weighted by molar-refractivity contribution is 5.49. The van der Waals surface area contributed by atoms with Crippen molar-refractivity contribution in [1.82, 2.24) is 4.98 Å². The standard InChI is InChI=1S/C13H18N2O/c1-4-12-5-6-13(14-7-12)15-8-10(2)16-11(3)9-15/h4-7,10-11H,1,8-9H2,2-3H3. The van der Waals surface area contributed by atoms with Crippen LogP contribution in [0.5, 0.6) is 0 Å². The van der Waals surface area contributed by atoms with Crippen molar-refractivity contribution in [1.29, 1.82) is 0 Å². The number of hydrogen-bond acceptors (Lipinski definition) is 3. The van der Waals surface area contributed by atoms with E-state index in [2.05, 4.69) is 30.3 Å². The quantitative estimate of drug-likeness (QED) is 0.762. The van der Waals surface area contributed by atoms with E-state index in [1.807, 2.05) is 18.3 Å². The van der Waals surface area contributed by atoms with Crippen LogP contribution in [-0.2, 0) is 4.74 Å². The molecule has 0 spiro atoms. The number of morpholine rings is 1. The van der Waals surface area contributed by atoms with Crippen LogP contribution < -0.4 is 4.90 Å². The maximum Gasteiger partial charge on any atom is 0.128 e. The topological polar surface area (TPSA) is 25.4 Å². The highest BCUT2D eigenvalue weighted by atomic mass is 16.5. The van der Waals surface area contributed by atoms with Gasteiger partial charge in [0.1, 0.15) is 5.82 Å². The number of aromatic nitrogens is 1. The molecule has 3 nitrogen and oxygen atoms in total. The molecular weight excluding hydrogens is 200 g/mol. The van der Waals surface area contributed by atoms with Gasteiger partial charge in [0.05, 0.1) is 12.2 Å². The highest BCUT2D eigenvalue weighted by Gasteiger charge is 2.22. The van der Waals surface area contributed by atoms with Crippen LogP contribution in [0.1, 0.15) is 19.4 Å². The number of rotatable bonds is 2. The summed E-state index contributed by atoms with van der Waals surface area (Å²) in [5.41, 5.74) is 1.05. The number of anilines is 1. The third-order valence-corrected chi connectivity index (χ3v) is 2.75. The Bertz CT molecular complexity index is 351. The van der Waals surface area contributed by atoms with Gasteiger partial charge in [0.25, 0.3) is 0 Å². The van der Waals surface area contributed by atoms with Crippen LogP contribution in [0.3, 0.4) is 0 Å². The molecule has 16 heavy (non-hydrogen) atoms. The van der Waals surface area contributed by atoms with Crippen LogP contribution in [-0.4, -0.2) is 30.3 Å². The Balaban J connectivity index is 2.13. The first-order chi connectivity index (χ1) is 7.69. The molecule has 2 rings (SSSR count). The van der Waals surface area contributed by atoms with Gasteiger partial charge in [0.15, 0.2) is 0 Å². The second kappa shape index (κ2) is 4.66. The Kier molecular flexibility index (Phi) is 3.25. The molecule has 0 bridgehead atoms. The second-order valence-corrected chi connectivity index (χ2v) is 4.32. The van der Waals surface area contributed by atoms with Crippen LogP contribution in [0, 0.1) is 0 Å². The Morgan fingerprint density at radius 3 is 2.56 bits per heavy atom. The summed E-state index contributed by atoms with van der Waals surface area (Å²) in [6.45, 7) is 9.73. The van der Waals surface area contributed by atoms with Gasteiger partial charge in [-0.15, -0.1) is 0 Å². The van der Waals surface area contributed by atoms with E-state index >= 15 is 0 Å². The van der Waals surface area contributed by atoms with Crippen molar-refractivity contribution in [3.8, 4) is 0 Å². The molecule has 2 heterocycles. The molecule has 1 aromatic heterocycles. The summed E-state index contributed by atoms with van der Waals surface area (Å²) in [6.07, 6.45) is 4.20. The van der Waals surface area contributed by atoms with Gasteiger partial charge in [0.2, 0.25) is 0 Å². The molecule has 86 valence electrons. The molecule has 2 atom stereocenters. The second-order valence-electron chi connectivity index (χ2n) is 4.32. The molecule has 0 N–H and O–H groups in total. The summed E-state index contributed by atoms with van der Waals surface area (Å²) in [5, 5.41) is 0. The number of hydrogen-bond donors (Lipinski definition) is 0. The van der Waals surface area contributed by atoms with E-state index in [1.165, 1.54) is 0 Å². The number of nitrogens with zero attached hydrogens (tertiary/aromatic N) is 2. The van der Waals surface area contributed by atoms with Gasteiger partial charge in [0, 0.05) is 19.3 Å². The molecule has 0 saturated carbocycles. The minimum Gasteiger partial charge on any atom is -0.372 e. The van der Waals surface area contributed by atoms with E-state index in [1.54, 1.807) is 6.08 Å². The first-order valence-corrected chi connectivity index (χ1v) is 5.68. The van der Waals surface area contributed by atoms with E-state index < -0.39 is 0 Å². The summed E-state index contributed by atoms with van der Waals surface area (Å²) < 4.78 is 5.70. The molecule has 1 aromatic rings. The van der Waals surface area contributed by atoms with Crippen molar-refractivity contribution < 1.29 is 4.74 Å². The predicted molar refractivity (Wildman–Crippen MR) is 66.6 cm³/mol. The molecule has 1 fully saturated rings. The lowest BCUT2D eigenvalue weighted by molar-refractivity contribution is -0.00545. The van der Waals surface area contributed by atoms with Crippen LogP contribution in [0.4, 0.5) is 5.82 Å². The third kappa shape index (κ3) is 2.42. The zero-order valence-electron chi connectivity index (χ0n) is 9.89. The Morgan fingerprint density at radius 1 is 1.38 bits per heavy atom.